The minimum Gasteiger partial charge on any atom is -0.295 e. The van der Waals surface area contributed by atoms with Crippen molar-refractivity contribution in [1.82, 2.24) is 5.32 Å². The van der Waals surface area contributed by atoms with Crippen molar-refractivity contribution in [2.24, 2.45) is 0 Å². The Bertz CT molecular complexity index is 377. The second kappa shape index (κ2) is 3.42. The van der Waals surface area contributed by atoms with Gasteiger partial charge in [-0.05, 0) is 5.56 Å². The summed E-state index contributed by atoms with van der Waals surface area (Å²) in [6.45, 7) is 0. The summed E-state index contributed by atoms with van der Waals surface area (Å²) in [6.07, 6.45) is 0. The molecule has 0 radical (unpaired) electrons. The minimum atomic E-state index is -0.787. The molecule has 2 atom stereocenters. The molecule has 1 aliphatic rings. The minimum absolute atomic E-state index is 0.318. The Morgan fingerprint density at radius 2 is 1.71 bits per heavy atom. The van der Waals surface area contributed by atoms with Crippen molar-refractivity contribution in [1.29, 1.82) is 0 Å². The van der Waals surface area contributed by atoms with Crippen molar-refractivity contribution in [3.63, 3.8) is 0 Å². The summed E-state index contributed by atoms with van der Waals surface area (Å²) < 4.78 is 0. The number of carbonyl (C=O) groups excluding carboxylic acids is 2. The molecule has 1 aromatic rings. The smallest absolute Gasteiger partial charge is 0.245 e. The van der Waals surface area contributed by atoms with Gasteiger partial charge in [-0.15, -0.1) is 11.6 Å². The van der Waals surface area contributed by atoms with Crippen molar-refractivity contribution in [3.05, 3.63) is 35.9 Å². The van der Waals surface area contributed by atoms with Crippen LogP contribution in [0.4, 0.5) is 0 Å². The van der Waals surface area contributed by atoms with Crippen LogP contribution in [0, 0.1) is 0 Å². The van der Waals surface area contributed by atoms with Crippen LogP contribution in [-0.4, -0.2) is 17.2 Å². The maximum absolute atomic E-state index is 11.4. The first-order chi connectivity index (χ1) is 6.70. The number of hydrogen-bond donors (Lipinski definition) is 1. The first kappa shape index (κ1) is 9.21. The molecule has 0 bridgehead atoms. The van der Waals surface area contributed by atoms with E-state index in [4.69, 9.17) is 11.6 Å². The first-order valence-corrected chi connectivity index (χ1v) is 4.67. The molecule has 2 amide bonds. The fourth-order valence-electron chi connectivity index (χ4n) is 1.53. The molecular weight excluding hydrogens is 202 g/mol. The van der Waals surface area contributed by atoms with Gasteiger partial charge in [-0.3, -0.25) is 14.9 Å². The van der Waals surface area contributed by atoms with E-state index in [9.17, 15) is 9.59 Å². The molecule has 0 saturated carbocycles. The van der Waals surface area contributed by atoms with Crippen molar-refractivity contribution < 1.29 is 9.59 Å². The first-order valence-electron chi connectivity index (χ1n) is 4.24. The van der Waals surface area contributed by atoms with E-state index in [2.05, 4.69) is 5.32 Å². The summed E-state index contributed by atoms with van der Waals surface area (Å²) in [5, 5.41) is 1.42. The number of amides is 2. The van der Waals surface area contributed by atoms with E-state index in [0.717, 1.165) is 5.56 Å². The molecule has 1 heterocycles. The summed E-state index contributed by atoms with van der Waals surface area (Å²) in [5.41, 5.74) is 0.774. The number of carbonyl (C=O) groups is 2. The highest BCUT2D eigenvalue weighted by atomic mass is 35.5. The molecule has 14 heavy (non-hydrogen) atoms. The molecule has 1 aromatic carbocycles. The fraction of sp³-hybridized carbons (Fsp3) is 0.200. The molecule has 0 spiro atoms. The van der Waals surface area contributed by atoms with Crippen molar-refractivity contribution >= 4 is 23.4 Å². The molecule has 72 valence electrons. The third-order valence-corrected chi connectivity index (χ3v) is 2.68. The number of alkyl halides is 1. The summed E-state index contributed by atoms with van der Waals surface area (Å²) in [4.78, 5) is 22.5. The summed E-state index contributed by atoms with van der Waals surface area (Å²) >= 11 is 5.83. The highest BCUT2D eigenvalue weighted by molar-refractivity contribution is 6.37. The molecule has 1 fully saturated rings. The summed E-state index contributed by atoms with van der Waals surface area (Å²) in [7, 11) is 0. The number of halogens is 1. The Kier molecular flexibility index (Phi) is 2.25. The number of benzene rings is 1. The standard InChI is InChI=1S/C10H8ClNO2/c11-8-7(9(13)12-10(8)14)6-4-2-1-3-5-6/h1-5,7-8H,(H,12,13,14)/t7-,8-/m0/s1. The second-order valence-corrected chi connectivity index (χ2v) is 3.61. The van der Waals surface area contributed by atoms with Crippen molar-refractivity contribution in [3.8, 4) is 0 Å². The molecule has 1 N–H and O–H groups in total. The molecule has 0 aliphatic carbocycles. The van der Waals surface area contributed by atoms with Crippen LogP contribution in [0.25, 0.3) is 0 Å². The van der Waals surface area contributed by atoms with Gasteiger partial charge in [0.2, 0.25) is 11.8 Å². The molecule has 4 heteroatoms. The van der Waals surface area contributed by atoms with Crippen LogP contribution in [0.5, 0.6) is 0 Å². The summed E-state index contributed by atoms with van der Waals surface area (Å²) in [5.74, 6) is -1.28. The predicted octanol–water partition coefficient (Wildman–Crippen LogP) is 1.03. The number of imide groups is 1. The van der Waals surface area contributed by atoms with E-state index in [-0.39, 0.29) is 5.91 Å². The van der Waals surface area contributed by atoms with Crippen LogP contribution in [0.1, 0.15) is 11.5 Å². The zero-order valence-corrected chi connectivity index (χ0v) is 7.99. The number of rotatable bonds is 1. The number of hydrogen-bond acceptors (Lipinski definition) is 2. The molecule has 1 aliphatic heterocycles. The van der Waals surface area contributed by atoms with Gasteiger partial charge in [0.1, 0.15) is 5.38 Å². The second-order valence-electron chi connectivity index (χ2n) is 3.14. The highest BCUT2D eigenvalue weighted by Crippen LogP contribution is 2.28. The average Bonchev–Trinajstić information content (AvgIpc) is 2.43. The van der Waals surface area contributed by atoms with E-state index >= 15 is 0 Å². The Labute approximate surface area is 86.1 Å². The molecule has 0 unspecified atom stereocenters. The zero-order valence-electron chi connectivity index (χ0n) is 7.24. The van der Waals surface area contributed by atoms with Crippen molar-refractivity contribution in [2.75, 3.05) is 0 Å². The van der Waals surface area contributed by atoms with Gasteiger partial charge in [0.25, 0.3) is 0 Å². The normalized spacial score (nSPS) is 26.4. The lowest BCUT2D eigenvalue weighted by Crippen LogP contribution is -2.22. The Hall–Kier alpha value is -1.35. The third-order valence-electron chi connectivity index (χ3n) is 2.23. The lowest BCUT2D eigenvalue weighted by molar-refractivity contribution is -0.125. The Balaban J connectivity index is 2.36. The van der Waals surface area contributed by atoms with E-state index in [1.807, 2.05) is 18.2 Å². The van der Waals surface area contributed by atoms with Gasteiger partial charge in [0.05, 0.1) is 5.92 Å². The molecule has 1 saturated heterocycles. The van der Waals surface area contributed by atoms with E-state index < -0.39 is 17.2 Å². The van der Waals surface area contributed by atoms with Gasteiger partial charge in [0, 0.05) is 0 Å². The lowest BCUT2D eigenvalue weighted by Gasteiger charge is -2.08. The largest absolute Gasteiger partial charge is 0.295 e. The van der Waals surface area contributed by atoms with Gasteiger partial charge < -0.3 is 0 Å². The maximum atomic E-state index is 11.4. The molecule has 2 rings (SSSR count). The lowest BCUT2D eigenvalue weighted by atomic mass is 9.97. The molecule has 3 nitrogen and oxygen atoms in total. The van der Waals surface area contributed by atoms with E-state index in [1.165, 1.54) is 0 Å². The molecular formula is C10H8ClNO2. The zero-order chi connectivity index (χ0) is 10.1. The SMILES string of the molecule is O=C1NC(=O)[C@@H](c2ccccc2)[C@@H]1Cl. The van der Waals surface area contributed by atoms with Crippen LogP contribution in [0.2, 0.25) is 0 Å². The van der Waals surface area contributed by atoms with Crippen LogP contribution in [-0.2, 0) is 9.59 Å². The Morgan fingerprint density at radius 3 is 2.21 bits per heavy atom. The van der Waals surface area contributed by atoms with E-state index in [1.54, 1.807) is 12.1 Å². The van der Waals surface area contributed by atoms with Gasteiger partial charge in [0.15, 0.2) is 0 Å². The third kappa shape index (κ3) is 1.40. The van der Waals surface area contributed by atoms with Crippen LogP contribution < -0.4 is 5.32 Å². The highest BCUT2D eigenvalue weighted by Gasteiger charge is 2.41. The molecule has 0 aromatic heterocycles. The van der Waals surface area contributed by atoms with Crippen LogP contribution >= 0.6 is 11.6 Å². The van der Waals surface area contributed by atoms with Gasteiger partial charge in [-0.2, -0.15) is 0 Å². The topological polar surface area (TPSA) is 46.2 Å². The monoisotopic (exact) mass is 209 g/mol. The van der Waals surface area contributed by atoms with Gasteiger partial charge >= 0.3 is 0 Å². The van der Waals surface area contributed by atoms with Crippen LogP contribution in [0.3, 0.4) is 0 Å². The maximum Gasteiger partial charge on any atom is 0.245 e. The Morgan fingerprint density at radius 1 is 1.07 bits per heavy atom. The van der Waals surface area contributed by atoms with Crippen LogP contribution in [0.15, 0.2) is 30.3 Å². The fourth-order valence-corrected chi connectivity index (χ4v) is 1.85. The summed E-state index contributed by atoms with van der Waals surface area (Å²) in [6, 6.07) is 9.06. The quantitative estimate of drug-likeness (QED) is 0.555. The van der Waals surface area contributed by atoms with Gasteiger partial charge in [-0.1, -0.05) is 30.3 Å². The van der Waals surface area contributed by atoms with Crippen molar-refractivity contribution in [2.45, 2.75) is 11.3 Å². The predicted molar refractivity (Wildman–Crippen MR) is 52.0 cm³/mol. The van der Waals surface area contributed by atoms with E-state index in [0.29, 0.717) is 0 Å². The average molecular weight is 210 g/mol. The van der Waals surface area contributed by atoms with Gasteiger partial charge in [-0.25, -0.2) is 0 Å². The number of nitrogens with one attached hydrogen (secondary N) is 1.